The number of likely N-dealkylation sites (tertiary alicyclic amines) is 1. The smallest absolute Gasteiger partial charge is 0.351 e. The molecule has 3 rings (SSSR count). The summed E-state index contributed by atoms with van der Waals surface area (Å²) in [5, 5.41) is 12.4. The number of aliphatic imine (C=N–C) groups is 1. The number of nitrogens with one attached hydrogen (secondary N) is 1. The molecule has 2 fully saturated rings. The Hall–Kier alpha value is -2.29. The van der Waals surface area contributed by atoms with Crippen molar-refractivity contribution in [1.82, 2.24) is 10.2 Å². The van der Waals surface area contributed by atoms with Crippen molar-refractivity contribution in [3.8, 4) is 6.07 Å². The Bertz CT molecular complexity index is 618. The lowest BCUT2D eigenvalue weighted by Crippen LogP contribution is -2.31. The molecule has 0 atom stereocenters. The topological polar surface area (TPSA) is 77.7 Å². The van der Waals surface area contributed by atoms with Crippen LogP contribution in [0.2, 0.25) is 0 Å². The van der Waals surface area contributed by atoms with Crippen molar-refractivity contribution in [1.29, 1.82) is 5.26 Å². The van der Waals surface area contributed by atoms with Crippen molar-refractivity contribution in [2.24, 2.45) is 10.9 Å². The fourth-order valence-electron chi connectivity index (χ4n) is 3.65. The lowest BCUT2D eigenvalue weighted by atomic mass is 9.90. The maximum atomic E-state index is 12.4. The molecule has 3 aliphatic rings. The minimum Gasteiger partial charge on any atom is -0.461 e. The molecule has 2 heterocycles. The van der Waals surface area contributed by atoms with E-state index in [1.54, 1.807) is 12.4 Å². The molecular formula is C19H26N4O2. The first-order chi connectivity index (χ1) is 12.3. The zero-order chi connectivity index (χ0) is 17.5. The van der Waals surface area contributed by atoms with Crippen LogP contribution in [0, 0.1) is 17.2 Å². The summed E-state index contributed by atoms with van der Waals surface area (Å²) in [6.45, 7) is 2.34. The van der Waals surface area contributed by atoms with Crippen LogP contribution < -0.4 is 5.32 Å². The third-order valence-electron chi connectivity index (χ3n) is 5.13. The van der Waals surface area contributed by atoms with Crippen LogP contribution >= 0.6 is 0 Å². The average molecular weight is 342 g/mol. The zero-order valence-electron chi connectivity index (χ0n) is 14.7. The Balaban J connectivity index is 1.66. The predicted octanol–water partition coefficient (Wildman–Crippen LogP) is 2.85. The lowest BCUT2D eigenvalue weighted by molar-refractivity contribution is -0.140. The van der Waals surface area contributed by atoms with Gasteiger partial charge in [-0.15, -0.1) is 0 Å². The number of carbonyl (C=O) groups is 1. The summed E-state index contributed by atoms with van der Waals surface area (Å²) in [6, 6.07) is 2.00. The van der Waals surface area contributed by atoms with E-state index in [4.69, 9.17) is 4.74 Å². The molecule has 1 saturated heterocycles. The van der Waals surface area contributed by atoms with Crippen molar-refractivity contribution in [3.05, 3.63) is 23.2 Å². The number of allylic oxidation sites excluding steroid dienone is 1. The zero-order valence-corrected chi connectivity index (χ0v) is 14.7. The van der Waals surface area contributed by atoms with Crippen LogP contribution in [0.25, 0.3) is 0 Å². The fraction of sp³-hybridized carbons (Fsp3) is 0.632. The van der Waals surface area contributed by atoms with Gasteiger partial charge in [0.2, 0.25) is 0 Å². The number of hydrogen-bond acceptors (Lipinski definition) is 6. The Morgan fingerprint density at radius 1 is 1.24 bits per heavy atom. The van der Waals surface area contributed by atoms with Crippen LogP contribution in [0.1, 0.15) is 51.4 Å². The summed E-state index contributed by atoms with van der Waals surface area (Å²) in [5.41, 5.74) is 0.503. The van der Waals surface area contributed by atoms with E-state index in [-0.39, 0.29) is 5.57 Å². The highest BCUT2D eigenvalue weighted by Gasteiger charge is 2.22. The van der Waals surface area contributed by atoms with Gasteiger partial charge in [-0.25, -0.2) is 9.79 Å². The van der Waals surface area contributed by atoms with Crippen LogP contribution in [-0.2, 0) is 9.53 Å². The number of carbonyl (C=O) groups excluding carboxylic acids is 1. The van der Waals surface area contributed by atoms with Crippen LogP contribution in [0.5, 0.6) is 0 Å². The second-order valence-electron chi connectivity index (χ2n) is 6.96. The summed E-state index contributed by atoms with van der Waals surface area (Å²) in [4.78, 5) is 18.9. The van der Waals surface area contributed by atoms with Gasteiger partial charge >= 0.3 is 5.97 Å². The molecule has 0 unspecified atom stereocenters. The molecule has 0 aromatic carbocycles. The van der Waals surface area contributed by atoms with Gasteiger partial charge in [0.1, 0.15) is 11.9 Å². The lowest BCUT2D eigenvalue weighted by Gasteiger charge is -2.30. The molecule has 0 spiro atoms. The molecule has 0 radical (unpaired) electrons. The molecule has 134 valence electrons. The van der Waals surface area contributed by atoms with E-state index in [1.807, 2.05) is 6.07 Å². The fourth-order valence-corrected chi connectivity index (χ4v) is 3.65. The maximum absolute atomic E-state index is 12.4. The molecule has 1 saturated carbocycles. The summed E-state index contributed by atoms with van der Waals surface area (Å²) in [5.74, 6) is 0.698. The van der Waals surface area contributed by atoms with Crippen molar-refractivity contribution in [3.63, 3.8) is 0 Å². The number of nitriles is 1. The molecule has 0 aromatic rings. The van der Waals surface area contributed by atoms with Crippen molar-refractivity contribution in [2.75, 3.05) is 19.7 Å². The number of nitrogens with zero attached hydrogens (tertiary/aromatic N) is 3. The second kappa shape index (κ2) is 8.70. The predicted molar refractivity (Wildman–Crippen MR) is 95.3 cm³/mol. The normalized spacial score (nSPS) is 23.3. The molecular weight excluding hydrogens is 316 g/mol. The Morgan fingerprint density at radius 2 is 1.96 bits per heavy atom. The van der Waals surface area contributed by atoms with Crippen LogP contribution in [-0.4, -0.2) is 36.9 Å². The third kappa shape index (κ3) is 4.62. The Kier molecular flexibility index (Phi) is 6.10. The van der Waals surface area contributed by atoms with E-state index in [0.29, 0.717) is 18.2 Å². The third-order valence-corrected chi connectivity index (χ3v) is 5.13. The summed E-state index contributed by atoms with van der Waals surface area (Å²) in [7, 11) is 0. The first-order valence-corrected chi connectivity index (χ1v) is 9.35. The highest BCUT2D eigenvalue weighted by molar-refractivity contribution is 5.95. The molecule has 6 nitrogen and oxygen atoms in total. The summed E-state index contributed by atoms with van der Waals surface area (Å²) in [6.07, 6.45) is 12.8. The Morgan fingerprint density at radius 3 is 2.68 bits per heavy atom. The molecule has 0 aromatic heterocycles. The molecule has 0 bridgehead atoms. The quantitative estimate of drug-likeness (QED) is 0.483. The van der Waals surface area contributed by atoms with Crippen molar-refractivity contribution in [2.45, 2.75) is 51.4 Å². The average Bonchev–Trinajstić information content (AvgIpc) is 2.69. The van der Waals surface area contributed by atoms with E-state index < -0.39 is 5.97 Å². The van der Waals surface area contributed by atoms with Gasteiger partial charge < -0.3 is 15.0 Å². The molecule has 1 N–H and O–H groups in total. The van der Waals surface area contributed by atoms with Gasteiger partial charge in [0.25, 0.3) is 0 Å². The van der Waals surface area contributed by atoms with Crippen LogP contribution in [0.4, 0.5) is 0 Å². The number of rotatable bonds is 4. The van der Waals surface area contributed by atoms with Gasteiger partial charge in [0.05, 0.1) is 18.6 Å². The van der Waals surface area contributed by atoms with Gasteiger partial charge in [0, 0.05) is 19.2 Å². The van der Waals surface area contributed by atoms with E-state index in [0.717, 1.165) is 44.6 Å². The highest BCUT2D eigenvalue weighted by Crippen LogP contribution is 2.24. The van der Waals surface area contributed by atoms with Gasteiger partial charge in [0.15, 0.2) is 5.57 Å². The van der Waals surface area contributed by atoms with E-state index in [9.17, 15) is 10.1 Å². The SMILES string of the molecule is N#C/C(C(=O)OCC1CCCCC1)=C1\C=C(N2CCCCC2)N=CN1. The summed E-state index contributed by atoms with van der Waals surface area (Å²) < 4.78 is 5.42. The molecule has 1 aliphatic carbocycles. The minimum absolute atomic E-state index is 0.0245. The van der Waals surface area contributed by atoms with Crippen LogP contribution in [0.15, 0.2) is 28.2 Å². The van der Waals surface area contributed by atoms with Gasteiger partial charge in [-0.1, -0.05) is 19.3 Å². The largest absolute Gasteiger partial charge is 0.461 e. The molecule has 6 heteroatoms. The second-order valence-corrected chi connectivity index (χ2v) is 6.96. The van der Waals surface area contributed by atoms with Crippen LogP contribution in [0.3, 0.4) is 0 Å². The monoisotopic (exact) mass is 342 g/mol. The van der Waals surface area contributed by atoms with Crippen molar-refractivity contribution >= 4 is 12.3 Å². The van der Waals surface area contributed by atoms with E-state index in [1.165, 1.54) is 25.7 Å². The molecule has 0 amide bonds. The minimum atomic E-state index is -0.542. The maximum Gasteiger partial charge on any atom is 0.351 e. The summed E-state index contributed by atoms with van der Waals surface area (Å²) >= 11 is 0. The van der Waals surface area contributed by atoms with Gasteiger partial charge in [-0.3, -0.25) is 0 Å². The van der Waals surface area contributed by atoms with Gasteiger partial charge in [-0.2, -0.15) is 5.26 Å². The van der Waals surface area contributed by atoms with E-state index in [2.05, 4.69) is 15.2 Å². The molecule has 25 heavy (non-hydrogen) atoms. The first-order valence-electron chi connectivity index (χ1n) is 9.35. The highest BCUT2D eigenvalue weighted by atomic mass is 16.5. The number of piperidine rings is 1. The number of esters is 1. The van der Waals surface area contributed by atoms with Crippen molar-refractivity contribution < 1.29 is 9.53 Å². The Labute approximate surface area is 149 Å². The number of ether oxygens (including phenoxy) is 1. The van der Waals surface area contributed by atoms with Gasteiger partial charge in [-0.05, 0) is 38.0 Å². The van der Waals surface area contributed by atoms with E-state index >= 15 is 0 Å². The first kappa shape index (κ1) is 17.5. The molecule has 2 aliphatic heterocycles. The number of hydrogen-bond donors (Lipinski definition) is 1. The standard InChI is InChI=1S/C19H26N4O2/c20-12-16(19(24)25-13-15-7-3-1-4-8-15)17-11-18(22-14-21-17)23-9-5-2-6-10-23/h11,14-15H,1-10,13H2,(H,21,22)/b17-16-.